The van der Waals surface area contributed by atoms with Crippen molar-refractivity contribution in [3.05, 3.63) is 58.6 Å². The minimum Gasteiger partial charge on any atom is -0.464 e. The van der Waals surface area contributed by atoms with Crippen LogP contribution in [-0.2, 0) is 11.8 Å². The third-order valence-corrected chi connectivity index (χ3v) is 3.41. The molecule has 0 N–H and O–H groups in total. The fraction of sp³-hybridized carbons (Fsp3) is 0.125. The van der Waals surface area contributed by atoms with E-state index in [2.05, 4.69) is 10.1 Å². The van der Waals surface area contributed by atoms with Gasteiger partial charge in [0.15, 0.2) is 0 Å². The highest BCUT2D eigenvalue weighted by Crippen LogP contribution is 2.26. The summed E-state index contributed by atoms with van der Waals surface area (Å²) in [5.74, 6) is -0.544. The third kappa shape index (κ3) is 2.24. The number of benzene rings is 1. The second-order valence-corrected chi connectivity index (χ2v) is 4.74. The molecule has 2 aromatic heterocycles. The Bertz CT molecular complexity index is 931. The molecule has 0 saturated carbocycles. The van der Waals surface area contributed by atoms with E-state index in [0.717, 1.165) is 5.39 Å². The zero-order chi connectivity index (χ0) is 15.7. The molecule has 0 saturated heterocycles. The van der Waals surface area contributed by atoms with E-state index < -0.39 is 5.97 Å². The Morgan fingerprint density at radius 2 is 1.95 bits per heavy atom. The number of ether oxygens (including phenoxy) is 1. The molecule has 0 aliphatic heterocycles. The first kappa shape index (κ1) is 13.9. The monoisotopic (exact) mass is 295 g/mol. The predicted octanol–water partition coefficient (Wildman–Crippen LogP) is 1.78. The van der Waals surface area contributed by atoms with Crippen molar-refractivity contribution in [3.63, 3.8) is 0 Å². The van der Waals surface area contributed by atoms with E-state index >= 15 is 0 Å². The van der Waals surface area contributed by atoms with Crippen molar-refractivity contribution in [2.24, 2.45) is 7.05 Å². The van der Waals surface area contributed by atoms with Crippen molar-refractivity contribution in [1.82, 2.24) is 14.8 Å². The molecular weight excluding hydrogens is 282 g/mol. The summed E-state index contributed by atoms with van der Waals surface area (Å²) in [7, 11) is 2.88. The average molecular weight is 295 g/mol. The molecule has 0 amide bonds. The van der Waals surface area contributed by atoms with Gasteiger partial charge in [0.25, 0.3) is 5.56 Å². The number of para-hydroxylation sites is 1. The number of pyridine rings is 1. The topological polar surface area (TPSA) is 74.1 Å². The number of aromatic nitrogens is 3. The van der Waals surface area contributed by atoms with Gasteiger partial charge in [0.1, 0.15) is 5.69 Å². The van der Waals surface area contributed by atoms with Gasteiger partial charge in [0, 0.05) is 18.6 Å². The standard InChI is InChI=1S/C16H13N3O3/c1-19-15(20)11(7-8-17-19)12-9-14(16(21)22-2)18-13-6-4-3-5-10(12)13/h3-9H,1-2H3. The number of methoxy groups -OCH3 is 1. The first-order valence-electron chi connectivity index (χ1n) is 6.62. The molecule has 110 valence electrons. The van der Waals surface area contributed by atoms with Gasteiger partial charge < -0.3 is 4.74 Å². The summed E-state index contributed by atoms with van der Waals surface area (Å²) in [6.45, 7) is 0. The molecule has 1 aromatic carbocycles. The Balaban J connectivity index is 2.39. The van der Waals surface area contributed by atoms with Gasteiger partial charge in [0.05, 0.1) is 18.2 Å². The zero-order valence-corrected chi connectivity index (χ0v) is 12.1. The Hall–Kier alpha value is -3.02. The lowest BCUT2D eigenvalue weighted by molar-refractivity contribution is 0.0594. The zero-order valence-electron chi connectivity index (χ0n) is 12.1. The molecule has 0 radical (unpaired) electrons. The van der Waals surface area contributed by atoms with Crippen LogP contribution in [-0.4, -0.2) is 27.8 Å². The molecule has 6 nitrogen and oxygen atoms in total. The maximum atomic E-state index is 12.3. The molecule has 3 aromatic rings. The van der Waals surface area contributed by atoms with Crippen molar-refractivity contribution in [3.8, 4) is 11.1 Å². The molecule has 0 bridgehead atoms. The highest BCUT2D eigenvalue weighted by atomic mass is 16.5. The van der Waals surface area contributed by atoms with Gasteiger partial charge >= 0.3 is 5.97 Å². The summed E-state index contributed by atoms with van der Waals surface area (Å²) in [6.07, 6.45) is 1.55. The quantitative estimate of drug-likeness (QED) is 0.674. The van der Waals surface area contributed by atoms with Crippen LogP contribution < -0.4 is 5.56 Å². The summed E-state index contributed by atoms with van der Waals surface area (Å²) < 4.78 is 5.99. The normalized spacial score (nSPS) is 10.6. The van der Waals surface area contributed by atoms with Crippen molar-refractivity contribution in [2.45, 2.75) is 0 Å². The van der Waals surface area contributed by atoms with E-state index in [0.29, 0.717) is 16.6 Å². The molecule has 22 heavy (non-hydrogen) atoms. The highest BCUT2D eigenvalue weighted by molar-refractivity contribution is 5.99. The lowest BCUT2D eigenvalue weighted by Gasteiger charge is -2.09. The lowest BCUT2D eigenvalue weighted by Crippen LogP contribution is -2.20. The van der Waals surface area contributed by atoms with Gasteiger partial charge in [-0.3, -0.25) is 4.79 Å². The van der Waals surface area contributed by atoms with Crippen LogP contribution in [0.4, 0.5) is 0 Å². The van der Waals surface area contributed by atoms with E-state index in [1.807, 2.05) is 18.2 Å². The van der Waals surface area contributed by atoms with E-state index in [1.165, 1.54) is 11.8 Å². The number of carbonyl (C=O) groups excluding carboxylic acids is 1. The van der Waals surface area contributed by atoms with Crippen LogP contribution in [0.2, 0.25) is 0 Å². The number of hydrogen-bond donors (Lipinski definition) is 0. The Morgan fingerprint density at radius 1 is 1.18 bits per heavy atom. The number of aryl methyl sites for hydroxylation is 1. The van der Waals surface area contributed by atoms with Crippen LogP contribution in [0.5, 0.6) is 0 Å². The number of fused-ring (bicyclic) bond motifs is 1. The van der Waals surface area contributed by atoms with E-state index in [9.17, 15) is 9.59 Å². The highest BCUT2D eigenvalue weighted by Gasteiger charge is 2.15. The van der Waals surface area contributed by atoms with E-state index in [-0.39, 0.29) is 11.3 Å². The minimum absolute atomic E-state index is 0.162. The fourth-order valence-corrected chi connectivity index (χ4v) is 2.32. The van der Waals surface area contributed by atoms with Crippen molar-refractivity contribution >= 4 is 16.9 Å². The van der Waals surface area contributed by atoms with Gasteiger partial charge in [-0.15, -0.1) is 0 Å². The Morgan fingerprint density at radius 3 is 2.73 bits per heavy atom. The summed E-state index contributed by atoms with van der Waals surface area (Å²) in [5.41, 5.74) is 1.64. The molecule has 3 rings (SSSR count). The van der Waals surface area contributed by atoms with Gasteiger partial charge in [-0.2, -0.15) is 5.10 Å². The number of carbonyl (C=O) groups is 1. The third-order valence-electron chi connectivity index (χ3n) is 3.41. The summed E-state index contributed by atoms with van der Waals surface area (Å²) in [5, 5.41) is 4.71. The lowest BCUT2D eigenvalue weighted by atomic mass is 10.0. The van der Waals surface area contributed by atoms with Crippen molar-refractivity contribution in [1.29, 1.82) is 0 Å². The van der Waals surface area contributed by atoms with Gasteiger partial charge in [-0.05, 0) is 23.8 Å². The predicted molar refractivity (Wildman–Crippen MR) is 81.6 cm³/mol. The van der Waals surface area contributed by atoms with Gasteiger partial charge in [0.2, 0.25) is 0 Å². The first-order valence-corrected chi connectivity index (χ1v) is 6.62. The average Bonchev–Trinajstić information content (AvgIpc) is 2.55. The van der Waals surface area contributed by atoms with Crippen LogP contribution in [0.25, 0.3) is 22.0 Å². The number of rotatable bonds is 2. The van der Waals surface area contributed by atoms with Crippen molar-refractivity contribution in [2.75, 3.05) is 7.11 Å². The van der Waals surface area contributed by atoms with E-state index in [1.54, 1.807) is 31.4 Å². The van der Waals surface area contributed by atoms with Crippen LogP contribution in [0.1, 0.15) is 10.5 Å². The van der Waals surface area contributed by atoms with Crippen molar-refractivity contribution < 1.29 is 9.53 Å². The maximum absolute atomic E-state index is 12.3. The van der Waals surface area contributed by atoms with Gasteiger partial charge in [-0.1, -0.05) is 18.2 Å². The second-order valence-electron chi connectivity index (χ2n) is 4.74. The SMILES string of the molecule is COC(=O)c1cc(-c2ccnn(C)c2=O)c2ccccc2n1. The van der Waals surface area contributed by atoms with Crippen LogP contribution in [0, 0.1) is 0 Å². The summed E-state index contributed by atoms with van der Waals surface area (Å²) >= 11 is 0. The number of esters is 1. The molecule has 0 unspecified atom stereocenters. The molecule has 0 aliphatic carbocycles. The Kier molecular flexibility index (Phi) is 3.42. The van der Waals surface area contributed by atoms with Crippen LogP contribution in [0.3, 0.4) is 0 Å². The largest absolute Gasteiger partial charge is 0.464 e. The summed E-state index contributed by atoms with van der Waals surface area (Å²) in [4.78, 5) is 28.4. The maximum Gasteiger partial charge on any atom is 0.356 e. The first-order chi connectivity index (χ1) is 10.6. The molecule has 0 atom stereocenters. The summed E-state index contributed by atoms with van der Waals surface area (Å²) in [6, 6.07) is 10.5. The molecule has 0 spiro atoms. The van der Waals surface area contributed by atoms with Crippen LogP contribution >= 0.6 is 0 Å². The number of hydrogen-bond acceptors (Lipinski definition) is 5. The Labute approximate surface area is 126 Å². The molecule has 0 fully saturated rings. The van der Waals surface area contributed by atoms with Crippen LogP contribution in [0.15, 0.2) is 47.4 Å². The smallest absolute Gasteiger partial charge is 0.356 e. The molecule has 0 aliphatic rings. The fourth-order valence-electron chi connectivity index (χ4n) is 2.32. The second kappa shape index (κ2) is 5.40. The number of nitrogens with zero attached hydrogens (tertiary/aromatic N) is 3. The minimum atomic E-state index is -0.544. The molecule has 6 heteroatoms. The van der Waals surface area contributed by atoms with E-state index in [4.69, 9.17) is 4.74 Å². The van der Waals surface area contributed by atoms with Gasteiger partial charge in [-0.25, -0.2) is 14.5 Å². The molecular formula is C16H13N3O3. The molecule has 2 heterocycles.